The molecule has 1 aromatic heterocycles. The molecule has 1 atom stereocenters. The molecule has 7 nitrogen and oxygen atoms in total. The average Bonchev–Trinajstić information content (AvgIpc) is 2.54. The van der Waals surface area contributed by atoms with Gasteiger partial charge in [-0.25, -0.2) is 5.01 Å². The lowest BCUT2D eigenvalue weighted by atomic mass is 10.2. The Morgan fingerprint density at radius 1 is 1.27 bits per heavy atom. The highest BCUT2D eigenvalue weighted by atomic mass is 32.2. The Morgan fingerprint density at radius 3 is 2.64 bits per heavy atom. The maximum Gasteiger partial charge on any atom is 0.344 e. The highest BCUT2D eigenvalue weighted by molar-refractivity contribution is 7.90. The Bertz CT molecular complexity index is 719. The van der Waals surface area contributed by atoms with Crippen LogP contribution in [0.25, 0.3) is 0 Å². The fraction of sp³-hybridized carbons (Fsp3) is 0.214. The second kappa shape index (κ2) is 5.82. The van der Waals surface area contributed by atoms with E-state index in [1.807, 2.05) is 24.3 Å². The highest BCUT2D eigenvalue weighted by Crippen LogP contribution is 2.30. The number of hydrogen-bond donors (Lipinski definition) is 0. The molecule has 114 valence electrons. The normalized spacial score (nSPS) is 14.7. The fourth-order valence-corrected chi connectivity index (χ4v) is 2.36. The molecule has 0 N–H and O–H groups in total. The van der Waals surface area contributed by atoms with E-state index in [0.29, 0.717) is 17.5 Å². The van der Waals surface area contributed by atoms with E-state index >= 15 is 0 Å². The molecule has 0 bridgehead atoms. The van der Waals surface area contributed by atoms with Crippen LogP contribution in [0.1, 0.15) is 5.56 Å². The van der Waals surface area contributed by atoms with E-state index in [4.69, 9.17) is 9.47 Å². The van der Waals surface area contributed by atoms with Crippen molar-refractivity contribution in [2.45, 2.75) is 5.16 Å². The van der Waals surface area contributed by atoms with Gasteiger partial charge in [0.15, 0.2) is 5.75 Å². The van der Waals surface area contributed by atoms with Crippen molar-refractivity contribution in [3.63, 3.8) is 0 Å². The Morgan fingerprint density at radius 2 is 2.00 bits per heavy atom. The first-order valence-corrected chi connectivity index (χ1v) is 7.99. The molecule has 0 saturated heterocycles. The van der Waals surface area contributed by atoms with Crippen molar-refractivity contribution in [1.82, 2.24) is 9.97 Å². The van der Waals surface area contributed by atoms with Crippen LogP contribution >= 0.6 is 0 Å². The van der Waals surface area contributed by atoms with Gasteiger partial charge < -0.3 is 14.0 Å². The quantitative estimate of drug-likeness (QED) is 0.628. The van der Waals surface area contributed by atoms with Gasteiger partial charge in [-0.15, -0.1) is 5.10 Å². The average molecular weight is 318 g/mol. The first-order valence-electron chi connectivity index (χ1n) is 6.43. The monoisotopic (exact) mass is 318 g/mol. The maximum absolute atomic E-state index is 11.5. The molecule has 2 heterocycles. The minimum absolute atomic E-state index is 0.247. The summed E-state index contributed by atoms with van der Waals surface area (Å²) in [5, 5.41) is 6.17. The molecule has 0 amide bonds. The van der Waals surface area contributed by atoms with E-state index < -0.39 is 11.2 Å². The molecule has 0 fully saturated rings. The number of aromatic nitrogens is 2. The number of hydrazone groups is 1. The van der Waals surface area contributed by atoms with Gasteiger partial charge in [0, 0.05) is 23.8 Å². The van der Waals surface area contributed by atoms with Crippen molar-refractivity contribution >= 4 is 22.9 Å². The highest BCUT2D eigenvalue weighted by Gasteiger charge is 2.24. The predicted octanol–water partition coefficient (Wildman–Crippen LogP) is 1.41. The van der Waals surface area contributed by atoms with Crippen molar-refractivity contribution < 1.29 is 14.0 Å². The first kappa shape index (κ1) is 14.6. The van der Waals surface area contributed by atoms with Gasteiger partial charge in [-0.1, -0.05) is 0 Å². The molecule has 22 heavy (non-hydrogen) atoms. The molecule has 1 aliphatic heterocycles. The van der Waals surface area contributed by atoms with Crippen LogP contribution in [0.2, 0.25) is 0 Å². The minimum Gasteiger partial charge on any atom is -0.609 e. The van der Waals surface area contributed by atoms with Gasteiger partial charge in [0.25, 0.3) is 0 Å². The summed E-state index contributed by atoms with van der Waals surface area (Å²) in [7, 11) is 3.36. The Hall–Kier alpha value is -2.32. The number of methoxy groups -OCH3 is 1. The molecule has 0 spiro atoms. The molecule has 3 rings (SSSR count). The van der Waals surface area contributed by atoms with Crippen LogP contribution in [0.5, 0.6) is 11.5 Å². The molecule has 8 heteroatoms. The van der Waals surface area contributed by atoms with Gasteiger partial charge in [-0.05, 0) is 24.3 Å². The van der Waals surface area contributed by atoms with Crippen LogP contribution in [-0.2, 0) is 11.2 Å². The minimum atomic E-state index is -1.26. The second-order valence-electron chi connectivity index (χ2n) is 4.55. The molecule has 0 aliphatic carbocycles. The molecule has 1 aliphatic rings. The largest absolute Gasteiger partial charge is 0.609 e. The number of nitrogens with zero attached hydrogens (tertiary/aromatic N) is 4. The summed E-state index contributed by atoms with van der Waals surface area (Å²) in [6.45, 7) is 0. The molecule has 0 radical (unpaired) electrons. The summed E-state index contributed by atoms with van der Waals surface area (Å²) in [6.07, 6.45) is 3.03. The number of anilines is 1. The smallest absolute Gasteiger partial charge is 0.344 e. The summed E-state index contributed by atoms with van der Waals surface area (Å²) < 4.78 is 22.3. The van der Waals surface area contributed by atoms with Crippen LogP contribution in [0.3, 0.4) is 0 Å². The van der Waals surface area contributed by atoms with Crippen molar-refractivity contribution in [2.24, 2.45) is 5.10 Å². The van der Waals surface area contributed by atoms with E-state index in [1.54, 1.807) is 19.2 Å². The SMILES string of the molecule is COc1ccc(C2=NN(C)c3nc([S+](C)[O-])ncc3O2)cc1. The van der Waals surface area contributed by atoms with Gasteiger partial charge in [0.05, 0.1) is 13.3 Å². The molecule has 1 unspecified atom stereocenters. The Labute approximate surface area is 130 Å². The molecular formula is C14H14N4O3S. The number of benzene rings is 1. The van der Waals surface area contributed by atoms with Crippen LogP contribution in [-0.4, -0.2) is 40.8 Å². The van der Waals surface area contributed by atoms with Crippen LogP contribution in [0.4, 0.5) is 5.82 Å². The lowest BCUT2D eigenvalue weighted by Crippen LogP contribution is -2.26. The zero-order valence-electron chi connectivity index (χ0n) is 12.3. The number of fused-ring (bicyclic) bond motifs is 1. The zero-order valence-corrected chi connectivity index (χ0v) is 13.1. The van der Waals surface area contributed by atoms with Crippen molar-refractivity contribution in [1.29, 1.82) is 0 Å². The van der Waals surface area contributed by atoms with Gasteiger partial charge in [-0.2, -0.15) is 9.97 Å². The van der Waals surface area contributed by atoms with Crippen molar-refractivity contribution in [2.75, 3.05) is 25.4 Å². The topological polar surface area (TPSA) is 82.9 Å². The second-order valence-corrected chi connectivity index (χ2v) is 5.83. The van der Waals surface area contributed by atoms with Gasteiger partial charge in [-0.3, -0.25) is 0 Å². The van der Waals surface area contributed by atoms with Gasteiger partial charge >= 0.3 is 5.16 Å². The van der Waals surface area contributed by atoms with E-state index in [9.17, 15) is 4.55 Å². The standard InChI is InChI=1S/C14H14N4O3S/c1-18-12-11(8-15-14(16-12)22(3)19)21-13(17-18)9-4-6-10(20-2)7-5-9/h4-8H,1-3H3. The molecule has 0 saturated carbocycles. The lowest BCUT2D eigenvalue weighted by Gasteiger charge is -2.23. The first-order chi connectivity index (χ1) is 10.6. The predicted molar refractivity (Wildman–Crippen MR) is 82.9 cm³/mol. The number of ether oxygens (including phenoxy) is 2. The van der Waals surface area contributed by atoms with E-state index in [0.717, 1.165) is 11.3 Å². The third-order valence-corrected chi connectivity index (χ3v) is 3.77. The van der Waals surface area contributed by atoms with Gasteiger partial charge in [0.1, 0.15) is 12.0 Å². The van der Waals surface area contributed by atoms with Crippen LogP contribution in [0, 0.1) is 0 Å². The number of rotatable bonds is 3. The summed E-state index contributed by atoms with van der Waals surface area (Å²) in [5.41, 5.74) is 0.807. The lowest BCUT2D eigenvalue weighted by molar-refractivity contribution is 0.414. The summed E-state index contributed by atoms with van der Waals surface area (Å²) in [6, 6.07) is 7.37. The number of hydrogen-bond acceptors (Lipinski definition) is 7. The van der Waals surface area contributed by atoms with Crippen molar-refractivity contribution in [3.05, 3.63) is 36.0 Å². The van der Waals surface area contributed by atoms with E-state index in [1.165, 1.54) is 12.5 Å². The van der Waals surface area contributed by atoms with Gasteiger partial charge in [0.2, 0.25) is 11.7 Å². The van der Waals surface area contributed by atoms with E-state index in [-0.39, 0.29) is 5.16 Å². The summed E-state index contributed by atoms with van der Waals surface area (Å²) >= 11 is -1.26. The third-order valence-electron chi connectivity index (χ3n) is 3.06. The zero-order chi connectivity index (χ0) is 15.7. The summed E-state index contributed by atoms with van der Waals surface area (Å²) in [5.74, 6) is 2.15. The summed E-state index contributed by atoms with van der Waals surface area (Å²) in [4.78, 5) is 8.26. The Kier molecular flexibility index (Phi) is 3.86. The Balaban J connectivity index is 1.92. The maximum atomic E-state index is 11.5. The third kappa shape index (κ3) is 2.70. The molecule has 1 aromatic carbocycles. The van der Waals surface area contributed by atoms with Crippen LogP contribution in [0.15, 0.2) is 40.7 Å². The van der Waals surface area contributed by atoms with Crippen LogP contribution < -0.4 is 14.5 Å². The molecular weight excluding hydrogens is 304 g/mol. The molecule has 2 aromatic rings. The fourth-order valence-electron chi connectivity index (χ4n) is 1.95. The van der Waals surface area contributed by atoms with Crippen molar-refractivity contribution in [3.8, 4) is 11.5 Å². The van der Waals surface area contributed by atoms with E-state index in [2.05, 4.69) is 15.1 Å².